The molecule has 5 aromatic carbocycles. The van der Waals surface area contributed by atoms with Gasteiger partial charge in [-0.1, -0.05) is 48.5 Å². The molecule has 0 fully saturated rings. The predicted molar refractivity (Wildman–Crippen MR) is 162 cm³/mol. The van der Waals surface area contributed by atoms with E-state index in [1.54, 1.807) is 35.2 Å². The van der Waals surface area contributed by atoms with Crippen molar-refractivity contribution in [3.05, 3.63) is 161 Å². The van der Waals surface area contributed by atoms with E-state index in [0.29, 0.717) is 17.5 Å². The number of fused-ring (bicyclic) bond motifs is 1. The first-order chi connectivity index (χ1) is 20.0. The molecule has 220 valence electrons. The van der Waals surface area contributed by atoms with Crippen molar-refractivity contribution in [2.75, 3.05) is 0 Å². The number of allylic oxidation sites excluding steroid dienone is 1. The van der Waals surface area contributed by atoms with E-state index < -0.39 is 6.23 Å². The number of benzene rings is 3. The van der Waals surface area contributed by atoms with Crippen LogP contribution in [0.2, 0.25) is 0 Å². The van der Waals surface area contributed by atoms with Crippen molar-refractivity contribution in [3.63, 3.8) is 0 Å². The van der Waals surface area contributed by atoms with Gasteiger partial charge >= 0.3 is 0 Å². The molecule has 1 heterocycles. The molecule has 6 heteroatoms. The average molecular weight is 600 g/mol. The molecule has 2 atom stereocenters. The van der Waals surface area contributed by atoms with E-state index >= 15 is 0 Å². The van der Waals surface area contributed by atoms with Gasteiger partial charge in [-0.3, -0.25) is 4.79 Å². The monoisotopic (exact) mass is 599 g/mol. The minimum atomic E-state index is -0.964. The van der Waals surface area contributed by atoms with Gasteiger partial charge in [0, 0.05) is 34.2 Å². The van der Waals surface area contributed by atoms with Crippen molar-refractivity contribution in [2.24, 2.45) is 0 Å². The first-order valence-corrected chi connectivity index (χ1v) is 13.8. The number of nitrogens with zero attached hydrogens (tertiary/aromatic N) is 1. The third-order valence-corrected chi connectivity index (χ3v) is 7.32. The number of hydrogen-bond donors (Lipinski definition) is 3. The molecule has 5 nitrogen and oxygen atoms in total. The van der Waals surface area contributed by atoms with E-state index in [1.807, 2.05) is 97.1 Å². The third kappa shape index (κ3) is 7.10. The third-order valence-electron chi connectivity index (χ3n) is 7.32. The van der Waals surface area contributed by atoms with Gasteiger partial charge in [0.25, 0.3) is 5.91 Å². The van der Waals surface area contributed by atoms with Crippen LogP contribution in [-0.4, -0.2) is 26.1 Å². The molecule has 1 aliphatic heterocycles. The molecule has 0 saturated carbocycles. The van der Waals surface area contributed by atoms with Crippen LogP contribution < -0.4 is 0 Å². The second-order valence-electron chi connectivity index (χ2n) is 10.0. The van der Waals surface area contributed by atoms with Crippen LogP contribution in [0.3, 0.4) is 0 Å². The summed E-state index contributed by atoms with van der Waals surface area (Å²) in [6.45, 7) is 0. The summed E-state index contributed by atoms with van der Waals surface area (Å²) in [5.41, 5.74) is 5.16. The molecule has 6 rings (SSSR count). The van der Waals surface area contributed by atoms with E-state index in [9.17, 15) is 20.1 Å². The number of phenolic OH excluding ortho intramolecular Hbond substituents is 2. The number of aliphatic hydroxyl groups excluding tert-OH is 1. The zero-order valence-corrected chi connectivity index (χ0v) is 24.1. The molecule has 0 saturated heterocycles. The number of aromatic hydroxyl groups is 2. The molecule has 42 heavy (non-hydrogen) atoms. The summed E-state index contributed by atoms with van der Waals surface area (Å²) in [7, 11) is 0. The number of carbonyl (C=O) groups excluding carboxylic acids is 1. The molecular formula is C36H33FeNO4-6. The quantitative estimate of drug-likeness (QED) is 0.0970. The van der Waals surface area contributed by atoms with Crippen LogP contribution >= 0.6 is 0 Å². The van der Waals surface area contributed by atoms with Crippen molar-refractivity contribution in [1.82, 2.24) is 4.90 Å². The van der Waals surface area contributed by atoms with Crippen molar-refractivity contribution < 1.29 is 37.2 Å². The second kappa shape index (κ2) is 14.5. The van der Waals surface area contributed by atoms with E-state index in [2.05, 4.69) is 6.08 Å². The van der Waals surface area contributed by atoms with Crippen LogP contribution in [0.4, 0.5) is 0 Å². The summed E-state index contributed by atoms with van der Waals surface area (Å²) in [5.74, 6) is 0.265. The number of phenols is 2. The fourth-order valence-corrected chi connectivity index (χ4v) is 5.27. The molecule has 0 aliphatic carbocycles. The molecular weight excluding hydrogens is 566 g/mol. The zero-order chi connectivity index (χ0) is 28.6. The van der Waals surface area contributed by atoms with E-state index in [-0.39, 0.29) is 40.5 Å². The summed E-state index contributed by atoms with van der Waals surface area (Å²) in [6, 6.07) is 39.0. The van der Waals surface area contributed by atoms with Crippen molar-refractivity contribution in [3.8, 4) is 11.5 Å². The van der Waals surface area contributed by atoms with Gasteiger partial charge in [-0.05, 0) is 66.3 Å². The maximum Gasteiger partial charge on any atom is 0.256 e. The molecule has 0 bridgehead atoms. The maximum absolute atomic E-state index is 13.2. The Morgan fingerprint density at radius 1 is 0.810 bits per heavy atom. The van der Waals surface area contributed by atoms with Gasteiger partial charge in [0.15, 0.2) is 6.23 Å². The van der Waals surface area contributed by atoms with Gasteiger partial charge in [-0.25, -0.2) is 12.1 Å². The van der Waals surface area contributed by atoms with Crippen LogP contribution in [0, 0.1) is 0 Å². The number of unbranched alkanes of at least 4 members (excludes halogenated alkanes) is 1. The van der Waals surface area contributed by atoms with Crippen molar-refractivity contribution >= 4 is 11.5 Å². The van der Waals surface area contributed by atoms with Crippen LogP contribution in [-0.2, 0) is 17.1 Å². The summed E-state index contributed by atoms with van der Waals surface area (Å²) < 4.78 is 0. The number of hydrogen-bond acceptors (Lipinski definition) is 4. The molecule has 1 aliphatic rings. The minimum Gasteiger partial charge on any atom is -0.748 e. The SMILES string of the molecule is O=C1c2ccccc2C(O)N1C(CCCC=C(c1ccc(O)cc1)c1ccc(O)cc1)[c-]1cccc1.[Fe].[cH-]1[cH-][cH-][cH-][cH-]1. The van der Waals surface area contributed by atoms with Gasteiger partial charge in [0.1, 0.15) is 11.5 Å². The van der Waals surface area contributed by atoms with Crippen molar-refractivity contribution in [1.29, 1.82) is 0 Å². The molecule has 0 spiro atoms. The summed E-state index contributed by atoms with van der Waals surface area (Å²) in [6.07, 6.45) is 3.42. The van der Waals surface area contributed by atoms with E-state index in [4.69, 9.17) is 0 Å². The Morgan fingerprint density at radius 3 is 1.86 bits per heavy atom. The molecule has 1 amide bonds. The first kappa shape index (κ1) is 30.6. The smallest absolute Gasteiger partial charge is 0.256 e. The van der Waals surface area contributed by atoms with Gasteiger partial charge in [-0.2, -0.15) is 12.1 Å². The summed E-state index contributed by atoms with van der Waals surface area (Å²) >= 11 is 0. The summed E-state index contributed by atoms with van der Waals surface area (Å²) in [4.78, 5) is 14.8. The fraction of sp³-hybridized carbons (Fsp3) is 0.139. The fourth-order valence-electron chi connectivity index (χ4n) is 5.27. The predicted octanol–water partition coefficient (Wildman–Crippen LogP) is 7.71. The standard InChI is InChI=1S/C31H28NO4.C5H5.Fe/c33-24-17-13-21(14-18-24)26(22-15-19-25(34)20-16-22)9-5-6-12-29(23-7-1-2-8-23)32-30(35)27-10-3-4-11-28(27)31(32)36;1-2-4-5-3-1;/h1-4,7-11,13-20,29-30,33-35H,5-6,12H2;1-5H;/q-1;-5;. The van der Waals surface area contributed by atoms with Gasteiger partial charge in [0.2, 0.25) is 0 Å². The Morgan fingerprint density at radius 2 is 1.33 bits per heavy atom. The van der Waals surface area contributed by atoms with Crippen LogP contribution in [0.1, 0.15) is 64.1 Å². The average Bonchev–Trinajstić information content (AvgIpc) is 3.78. The number of aliphatic hydroxyl groups is 1. The Bertz CT molecular complexity index is 1490. The second-order valence-corrected chi connectivity index (χ2v) is 10.0. The van der Waals surface area contributed by atoms with Crippen LogP contribution in [0.25, 0.3) is 5.57 Å². The van der Waals surface area contributed by atoms with Gasteiger partial charge in [0.05, 0.1) is 0 Å². The molecule has 5 aromatic rings. The Labute approximate surface area is 257 Å². The van der Waals surface area contributed by atoms with Crippen molar-refractivity contribution in [2.45, 2.75) is 31.5 Å². The van der Waals surface area contributed by atoms with Crippen LogP contribution in [0.15, 0.2) is 133 Å². The molecule has 0 radical (unpaired) electrons. The van der Waals surface area contributed by atoms with E-state index in [1.165, 1.54) is 0 Å². The van der Waals surface area contributed by atoms with Crippen LogP contribution in [0.5, 0.6) is 11.5 Å². The number of amides is 1. The van der Waals surface area contributed by atoms with Gasteiger partial charge < -0.3 is 50.6 Å². The Balaban J connectivity index is 0.000000612. The van der Waals surface area contributed by atoms with E-state index in [0.717, 1.165) is 35.1 Å². The van der Waals surface area contributed by atoms with Gasteiger partial charge in [-0.15, -0.1) is 5.56 Å². The molecule has 2 unspecified atom stereocenters. The number of rotatable bonds is 8. The molecule has 0 aromatic heterocycles. The first-order valence-electron chi connectivity index (χ1n) is 13.8. The molecule has 3 N–H and O–H groups in total. The largest absolute Gasteiger partial charge is 0.748 e. The Hall–Kier alpha value is -4.35. The minimum absolute atomic E-state index is 0. The Kier molecular flexibility index (Phi) is 10.6. The topological polar surface area (TPSA) is 81.0 Å². The number of carbonyl (C=O) groups is 1. The maximum atomic E-state index is 13.2. The summed E-state index contributed by atoms with van der Waals surface area (Å²) in [5, 5.41) is 30.5. The zero-order valence-electron chi connectivity index (χ0n) is 23.0. The normalized spacial score (nSPS) is 14.3.